The summed E-state index contributed by atoms with van der Waals surface area (Å²) in [5, 5.41) is 0. The summed E-state index contributed by atoms with van der Waals surface area (Å²) in [5.41, 5.74) is 12.5. The number of fused-ring (bicyclic) bond motifs is 1. The molecular formula is C13H17N3O3. The summed E-state index contributed by atoms with van der Waals surface area (Å²) in [4.78, 5) is 25.0. The normalized spacial score (nSPS) is 15.7. The smallest absolute Gasteiger partial charge is 0.271 e. The van der Waals surface area contributed by atoms with Crippen LogP contribution in [-0.4, -0.2) is 31.0 Å². The van der Waals surface area contributed by atoms with Crippen molar-refractivity contribution in [2.45, 2.75) is 19.4 Å². The minimum Gasteiger partial charge on any atom is -0.482 e. The Morgan fingerprint density at radius 3 is 2.89 bits per heavy atom. The van der Waals surface area contributed by atoms with Crippen LogP contribution in [0.5, 0.6) is 5.75 Å². The molecule has 1 unspecified atom stereocenters. The molecule has 0 saturated heterocycles. The number of nitrogens with zero attached hydrogens (tertiary/aromatic N) is 1. The molecule has 2 amide bonds. The zero-order valence-electron chi connectivity index (χ0n) is 10.8. The Morgan fingerprint density at radius 1 is 1.53 bits per heavy atom. The predicted molar refractivity (Wildman–Crippen MR) is 70.8 cm³/mol. The molecule has 19 heavy (non-hydrogen) atoms. The third-order valence-corrected chi connectivity index (χ3v) is 2.91. The fourth-order valence-corrected chi connectivity index (χ4v) is 1.97. The average molecular weight is 263 g/mol. The van der Waals surface area contributed by atoms with E-state index >= 15 is 0 Å². The molecule has 1 aromatic carbocycles. The highest BCUT2D eigenvalue weighted by molar-refractivity contribution is 6.18. The highest BCUT2D eigenvalue weighted by Gasteiger charge is 2.32. The first-order chi connectivity index (χ1) is 9.04. The van der Waals surface area contributed by atoms with Crippen molar-refractivity contribution < 1.29 is 14.3 Å². The van der Waals surface area contributed by atoms with Crippen molar-refractivity contribution in [2.75, 3.05) is 18.1 Å². The lowest BCUT2D eigenvalue weighted by Gasteiger charge is -2.29. The Labute approximate surface area is 111 Å². The SMILES string of the molecule is CC(N)C(=O)N1C(=O)COc2ccc(CCN)cc21. The standard InChI is InChI=1S/C13H17N3O3/c1-8(15)13(18)16-10-6-9(4-5-14)2-3-11(10)19-7-12(16)17/h2-3,6,8H,4-5,7,14-15H2,1H3. The molecule has 1 aliphatic rings. The third-order valence-electron chi connectivity index (χ3n) is 2.91. The van der Waals surface area contributed by atoms with Crippen LogP contribution in [0.3, 0.4) is 0 Å². The molecule has 0 bridgehead atoms. The van der Waals surface area contributed by atoms with E-state index < -0.39 is 17.9 Å². The van der Waals surface area contributed by atoms with Gasteiger partial charge in [0.15, 0.2) is 6.61 Å². The van der Waals surface area contributed by atoms with Gasteiger partial charge in [-0.1, -0.05) is 6.07 Å². The summed E-state index contributed by atoms with van der Waals surface area (Å²) in [6, 6.07) is 4.62. The molecule has 102 valence electrons. The predicted octanol–water partition coefficient (Wildman–Crippen LogP) is -0.213. The molecule has 0 aliphatic carbocycles. The minimum atomic E-state index is -0.743. The Bertz CT molecular complexity index is 514. The van der Waals surface area contributed by atoms with Crippen LogP contribution in [0.1, 0.15) is 12.5 Å². The molecule has 0 spiro atoms. The highest BCUT2D eigenvalue weighted by Crippen LogP contribution is 2.33. The van der Waals surface area contributed by atoms with E-state index in [9.17, 15) is 9.59 Å². The van der Waals surface area contributed by atoms with Gasteiger partial charge in [-0.05, 0) is 37.6 Å². The van der Waals surface area contributed by atoms with Crippen LogP contribution in [0.4, 0.5) is 5.69 Å². The lowest BCUT2D eigenvalue weighted by Crippen LogP contribution is -2.49. The number of ether oxygens (including phenoxy) is 1. The number of nitrogens with two attached hydrogens (primary N) is 2. The first-order valence-corrected chi connectivity index (χ1v) is 6.12. The number of rotatable bonds is 3. The zero-order valence-corrected chi connectivity index (χ0v) is 10.8. The maximum absolute atomic E-state index is 12.0. The summed E-state index contributed by atoms with van der Waals surface area (Å²) in [6.07, 6.45) is 0.668. The first kappa shape index (κ1) is 13.5. The topological polar surface area (TPSA) is 98.7 Å². The van der Waals surface area contributed by atoms with Crippen molar-refractivity contribution in [3.05, 3.63) is 23.8 Å². The van der Waals surface area contributed by atoms with Crippen molar-refractivity contribution in [1.29, 1.82) is 0 Å². The van der Waals surface area contributed by atoms with E-state index in [1.54, 1.807) is 19.1 Å². The second-order valence-corrected chi connectivity index (χ2v) is 4.49. The molecule has 0 saturated carbocycles. The summed E-state index contributed by atoms with van der Waals surface area (Å²) < 4.78 is 5.31. The van der Waals surface area contributed by atoms with Gasteiger partial charge in [0.25, 0.3) is 11.8 Å². The van der Waals surface area contributed by atoms with Crippen LogP contribution in [0.15, 0.2) is 18.2 Å². The van der Waals surface area contributed by atoms with Gasteiger partial charge in [-0.2, -0.15) is 0 Å². The third kappa shape index (κ3) is 2.59. The van der Waals surface area contributed by atoms with Gasteiger partial charge in [0.05, 0.1) is 11.7 Å². The van der Waals surface area contributed by atoms with Crippen LogP contribution in [0.25, 0.3) is 0 Å². The van der Waals surface area contributed by atoms with Gasteiger partial charge >= 0.3 is 0 Å². The van der Waals surface area contributed by atoms with Crippen LogP contribution >= 0.6 is 0 Å². The lowest BCUT2D eigenvalue weighted by molar-refractivity contribution is -0.128. The largest absolute Gasteiger partial charge is 0.482 e. The van der Waals surface area contributed by atoms with Crippen LogP contribution in [0, 0.1) is 0 Å². The molecule has 4 N–H and O–H groups in total. The highest BCUT2D eigenvalue weighted by atomic mass is 16.5. The second-order valence-electron chi connectivity index (χ2n) is 4.49. The number of amides is 2. The fraction of sp³-hybridized carbons (Fsp3) is 0.385. The monoisotopic (exact) mass is 263 g/mol. The van der Waals surface area contributed by atoms with E-state index in [2.05, 4.69) is 0 Å². The molecule has 1 aromatic rings. The lowest BCUT2D eigenvalue weighted by atomic mass is 10.1. The van der Waals surface area contributed by atoms with Crippen molar-refractivity contribution in [2.24, 2.45) is 11.5 Å². The van der Waals surface area contributed by atoms with Gasteiger partial charge in [0.2, 0.25) is 0 Å². The molecule has 0 aromatic heterocycles. The molecule has 2 rings (SSSR count). The maximum Gasteiger partial charge on any atom is 0.271 e. The molecule has 1 atom stereocenters. The number of benzene rings is 1. The fourth-order valence-electron chi connectivity index (χ4n) is 1.97. The van der Waals surface area contributed by atoms with Gasteiger partial charge < -0.3 is 16.2 Å². The van der Waals surface area contributed by atoms with Crippen LogP contribution in [-0.2, 0) is 16.0 Å². The Kier molecular flexibility index (Phi) is 3.82. The van der Waals surface area contributed by atoms with Gasteiger partial charge in [-0.15, -0.1) is 0 Å². The quantitative estimate of drug-likeness (QED) is 0.786. The van der Waals surface area contributed by atoms with E-state index in [-0.39, 0.29) is 6.61 Å². The summed E-state index contributed by atoms with van der Waals surface area (Å²) in [5.74, 6) is -0.325. The van der Waals surface area contributed by atoms with Crippen molar-refractivity contribution >= 4 is 17.5 Å². The van der Waals surface area contributed by atoms with Crippen molar-refractivity contribution in [3.63, 3.8) is 0 Å². The summed E-state index contributed by atoms with van der Waals surface area (Å²) in [6.45, 7) is 1.89. The molecule has 6 nitrogen and oxygen atoms in total. The first-order valence-electron chi connectivity index (χ1n) is 6.12. The number of anilines is 1. The van der Waals surface area contributed by atoms with E-state index in [0.717, 1.165) is 10.5 Å². The van der Waals surface area contributed by atoms with Gasteiger partial charge in [-0.25, -0.2) is 4.90 Å². The van der Waals surface area contributed by atoms with E-state index in [4.69, 9.17) is 16.2 Å². The summed E-state index contributed by atoms with van der Waals surface area (Å²) in [7, 11) is 0. The average Bonchev–Trinajstić information content (AvgIpc) is 2.38. The van der Waals surface area contributed by atoms with Crippen molar-refractivity contribution in [1.82, 2.24) is 0 Å². The number of imide groups is 1. The number of hydrogen-bond donors (Lipinski definition) is 2. The van der Waals surface area contributed by atoms with E-state index in [1.165, 1.54) is 0 Å². The van der Waals surface area contributed by atoms with Gasteiger partial charge in [-0.3, -0.25) is 9.59 Å². The van der Waals surface area contributed by atoms with Crippen LogP contribution in [0.2, 0.25) is 0 Å². The number of carbonyl (C=O) groups excluding carboxylic acids is 2. The Balaban J connectivity index is 2.44. The molecular weight excluding hydrogens is 246 g/mol. The van der Waals surface area contributed by atoms with Gasteiger partial charge in [0, 0.05) is 0 Å². The summed E-state index contributed by atoms with van der Waals surface area (Å²) >= 11 is 0. The number of hydrogen-bond acceptors (Lipinski definition) is 5. The molecule has 1 aliphatic heterocycles. The Hall–Kier alpha value is -1.92. The maximum atomic E-state index is 12.0. The molecule has 1 heterocycles. The van der Waals surface area contributed by atoms with Crippen molar-refractivity contribution in [3.8, 4) is 5.75 Å². The second kappa shape index (κ2) is 5.38. The minimum absolute atomic E-state index is 0.151. The molecule has 0 radical (unpaired) electrons. The number of carbonyl (C=O) groups is 2. The zero-order chi connectivity index (χ0) is 14.0. The Morgan fingerprint density at radius 2 is 2.26 bits per heavy atom. The van der Waals surface area contributed by atoms with Crippen LogP contribution < -0.4 is 21.1 Å². The van der Waals surface area contributed by atoms with E-state index in [0.29, 0.717) is 24.4 Å². The molecule has 0 fully saturated rings. The van der Waals surface area contributed by atoms with Gasteiger partial charge in [0.1, 0.15) is 5.75 Å². The van der Waals surface area contributed by atoms with E-state index in [1.807, 2.05) is 6.07 Å². The molecule has 6 heteroatoms.